The van der Waals surface area contributed by atoms with Gasteiger partial charge in [-0.1, -0.05) is 60.2 Å². The number of benzene rings is 2. The maximum atomic E-state index is 6.53. The Hall–Kier alpha value is -1.60. The fourth-order valence-electron chi connectivity index (χ4n) is 3.07. The molecule has 1 saturated carbocycles. The fraction of sp³-hybridized carbons (Fsp3) is 0.333. The zero-order valence-electron chi connectivity index (χ0n) is 11.5. The molecule has 1 atom stereocenters. The molecule has 0 spiro atoms. The molecule has 1 unspecified atom stereocenters. The number of hydrogen-bond acceptors (Lipinski definition) is 1. The minimum Gasteiger partial charge on any atom is -0.327 e. The molecule has 0 aliphatic heterocycles. The van der Waals surface area contributed by atoms with Crippen molar-refractivity contribution in [3.63, 3.8) is 0 Å². The summed E-state index contributed by atoms with van der Waals surface area (Å²) >= 11 is 0. The average Bonchev–Trinajstić information content (AvgIpc) is 3.21. The van der Waals surface area contributed by atoms with Gasteiger partial charge in [-0.15, -0.1) is 0 Å². The second-order valence-corrected chi connectivity index (χ2v) is 5.82. The monoisotopic (exact) mass is 251 g/mol. The number of aryl methyl sites for hydroxylation is 1. The lowest BCUT2D eigenvalue weighted by Gasteiger charge is -2.24. The van der Waals surface area contributed by atoms with Crippen molar-refractivity contribution in [2.24, 2.45) is 5.73 Å². The molecular weight excluding hydrogens is 230 g/mol. The highest BCUT2D eigenvalue weighted by Gasteiger charge is 2.48. The summed E-state index contributed by atoms with van der Waals surface area (Å²) in [5, 5.41) is 0. The Morgan fingerprint density at radius 3 is 2.42 bits per heavy atom. The molecule has 0 aromatic heterocycles. The van der Waals surface area contributed by atoms with E-state index in [4.69, 9.17) is 5.73 Å². The predicted octanol–water partition coefficient (Wildman–Crippen LogP) is 3.60. The molecular formula is C18H21N. The van der Waals surface area contributed by atoms with E-state index in [0.717, 1.165) is 6.42 Å². The molecule has 3 rings (SSSR count). The average molecular weight is 251 g/mol. The summed E-state index contributed by atoms with van der Waals surface area (Å²) in [5.74, 6) is 0. The van der Waals surface area contributed by atoms with E-state index in [9.17, 15) is 0 Å². The lowest BCUT2D eigenvalue weighted by atomic mass is 9.85. The first-order chi connectivity index (χ1) is 9.21. The minimum absolute atomic E-state index is 0.219. The van der Waals surface area contributed by atoms with Gasteiger partial charge in [0.25, 0.3) is 0 Å². The van der Waals surface area contributed by atoms with Gasteiger partial charge in [-0.2, -0.15) is 0 Å². The van der Waals surface area contributed by atoms with E-state index in [-0.39, 0.29) is 11.5 Å². The normalized spacial score (nSPS) is 18.0. The van der Waals surface area contributed by atoms with Crippen molar-refractivity contribution in [2.75, 3.05) is 0 Å². The summed E-state index contributed by atoms with van der Waals surface area (Å²) in [6.07, 6.45) is 3.42. The Morgan fingerprint density at radius 2 is 1.79 bits per heavy atom. The Kier molecular flexibility index (Phi) is 3.16. The first-order valence-corrected chi connectivity index (χ1v) is 7.07. The van der Waals surface area contributed by atoms with E-state index in [1.54, 1.807) is 0 Å². The zero-order chi connectivity index (χ0) is 13.3. The SMILES string of the molecule is Cc1cccc(CC(N)C2(c3ccccc3)CC2)c1. The van der Waals surface area contributed by atoms with Gasteiger partial charge < -0.3 is 5.73 Å². The standard InChI is InChI=1S/C18H21N/c1-14-6-5-7-15(12-14)13-17(19)18(10-11-18)16-8-3-2-4-9-16/h2-9,12,17H,10-11,13,19H2,1H3. The topological polar surface area (TPSA) is 26.0 Å². The molecule has 1 nitrogen and oxygen atoms in total. The van der Waals surface area contributed by atoms with E-state index in [1.165, 1.54) is 29.5 Å². The van der Waals surface area contributed by atoms with Crippen LogP contribution in [0.4, 0.5) is 0 Å². The smallest absolute Gasteiger partial charge is 0.0177 e. The van der Waals surface area contributed by atoms with Gasteiger partial charge in [-0.05, 0) is 37.3 Å². The highest BCUT2D eigenvalue weighted by molar-refractivity contribution is 5.35. The van der Waals surface area contributed by atoms with Crippen molar-refractivity contribution in [2.45, 2.75) is 37.6 Å². The van der Waals surface area contributed by atoms with Crippen molar-refractivity contribution in [3.8, 4) is 0 Å². The number of rotatable bonds is 4. The van der Waals surface area contributed by atoms with Crippen LogP contribution in [0.2, 0.25) is 0 Å². The van der Waals surface area contributed by atoms with Crippen LogP contribution in [0.25, 0.3) is 0 Å². The first kappa shape index (κ1) is 12.4. The van der Waals surface area contributed by atoms with Crippen LogP contribution in [0.15, 0.2) is 54.6 Å². The van der Waals surface area contributed by atoms with Crippen LogP contribution in [0.5, 0.6) is 0 Å². The molecule has 1 aliphatic carbocycles. The highest BCUT2D eigenvalue weighted by Crippen LogP contribution is 2.50. The molecule has 2 aromatic rings. The van der Waals surface area contributed by atoms with Gasteiger partial charge in [0.1, 0.15) is 0 Å². The third kappa shape index (κ3) is 2.43. The molecule has 0 amide bonds. The molecule has 0 saturated heterocycles. The van der Waals surface area contributed by atoms with Gasteiger partial charge in [0.15, 0.2) is 0 Å². The van der Waals surface area contributed by atoms with Gasteiger partial charge >= 0.3 is 0 Å². The third-order valence-corrected chi connectivity index (χ3v) is 4.39. The van der Waals surface area contributed by atoms with Crippen molar-refractivity contribution < 1.29 is 0 Å². The van der Waals surface area contributed by atoms with E-state index in [2.05, 4.69) is 61.5 Å². The summed E-state index contributed by atoms with van der Waals surface area (Å²) in [7, 11) is 0. The van der Waals surface area contributed by atoms with Gasteiger partial charge in [0.05, 0.1) is 0 Å². The molecule has 98 valence electrons. The van der Waals surface area contributed by atoms with Crippen LogP contribution in [0.3, 0.4) is 0 Å². The van der Waals surface area contributed by atoms with Crippen molar-refractivity contribution in [1.82, 2.24) is 0 Å². The predicted molar refractivity (Wildman–Crippen MR) is 80.2 cm³/mol. The second-order valence-electron chi connectivity index (χ2n) is 5.82. The molecule has 19 heavy (non-hydrogen) atoms. The Balaban J connectivity index is 1.79. The molecule has 2 N–H and O–H groups in total. The van der Waals surface area contributed by atoms with Gasteiger partial charge in [-0.3, -0.25) is 0 Å². The van der Waals surface area contributed by atoms with E-state index < -0.39 is 0 Å². The van der Waals surface area contributed by atoms with Gasteiger partial charge in [-0.25, -0.2) is 0 Å². The minimum atomic E-state index is 0.219. The van der Waals surface area contributed by atoms with Crippen LogP contribution in [-0.4, -0.2) is 6.04 Å². The van der Waals surface area contributed by atoms with Crippen LogP contribution < -0.4 is 5.73 Å². The van der Waals surface area contributed by atoms with Gasteiger partial charge in [0.2, 0.25) is 0 Å². The van der Waals surface area contributed by atoms with E-state index in [0.29, 0.717) is 0 Å². The van der Waals surface area contributed by atoms with E-state index in [1.807, 2.05) is 0 Å². The lowest BCUT2D eigenvalue weighted by molar-refractivity contribution is 0.514. The Bertz CT molecular complexity index is 555. The molecule has 1 fully saturated rings. The molecule has 1 aliphatic rings. The second kappa shape index (κ2) is 4.82. The zero-order valence-corrected chi connectivity index (χ0v) is 11.5. The molecule has 0 heterocycles. The van der Waals surface area contributed by atoms with Crippen molar-refractivity contribution in [1.29, 1.82) is 0 Å². The summed E-state index contributed by atoms with van der Waals surface area (Å²) < 4.78 is 0. The van der Waals surface area contributed by atoms with Crippen molar-refractivity contribution >= 4 is 0 Å². The van der Waals surface area contributed by atoms with Crippen molar-refractivity contribution in [3.05, 3.63) is 71.3 Å². The third-order valence-electron chi connectivity index (χ3n) is 4.39. The Morgan fingerprint density at radius 1 is 1.05 bits per heavy atom. The summed E-state index contributed by atoms with van der Waals surface area (Å²) in [5.41, 5.74) is 10.8. The molecule has 0 bridgehead atoms. The first-order valence-electron chi connectivity index (χ1n) is 7.07. The molecule has 1 heteroatoms. The Labute approximate surface area is 115 Å². The lowest BCUT2D eigenvalue weighted by Crippen LogP contribution is -2.36. The highest BCUT2D eigenvalue weighted by atomic mass is 14.7. The quantitative estimate of drug-likeness (QED) is 0.883. The van der Waals surface area contributed by atoms with Crippen LogP contribution in [0, 0.1) is 6.92 Å². The summed E-state index contributed by atoms with van der Waals surface area (Å²) in [6.45, 7) is 2.14. The maximum absolute atomic E-state index is 6.53. The maximum Gasteiger partial charge on any atom is 0.0177 e. The number of hydrogen-bond donors (Lipinski definition) is 1. The van der Waals surface area contributed by atoms with E-state index >= 15 is 0 Å². The van der Waals surface area contributed by atoms with Crippen LogP contribution in [0.1, 0.15) is 29.5 Å². The van der Waals surface area contributed by atoms with Crippen LogP contribution in [-0.2, 0) is 11.8 Å². The molecule has 2 aromatic carbocycles. The van der Waals surface area contributed by atoms with Crippen LogP contribution >= 0.6 is 0 Å². The fourth-order valence-corrected chi connectivity index (χ4v) is 3.07. The van der Waals surface area contributed by atoms with Gasteiger partial charge in [0, 0.05) is 11.5 Å². The number of nitrogens with two attached hydrogens (primary N) is 1. The summed E-state index contributed by atoms with van der Waals surface area (Å²) in [6, 6.07) is 19.7. The molecule has 0 radical (unpaired) electrons. The summed E-state index contributed by atoms with van der Waals surface area (Å²) in [4.78, 5) is 0. The largest absolute Gasteiger partial charge is 0.327 e.